The van der Waals surface area contributed by atoms with Crippen LogP contribution in [0.2, 0.25) is 5.02 Å². The second-order valence-corrected chi connectivity index (χ2v) is 8.72. The first-order chi connectivity index (χ1) is 15.8. The van der Waals surface area contributed by atoms with Crippen LogP contribution in [0.5, 0.6) is 0 Å². The molecule has 0 saturated heterocycles. The van der Waals surface area contributed by atoms with Crippen LogP contribution in [0, 0.1) is 11.6 Å². The average molecular weight is 522 g/mol. The van der Waals surface area contributed by atoms with E-state index in [9.17, 15) is 30.8 Å². The van der Waals surface area contributed by atoms with Crippen LogP contribution in [0.1, 0.15) is 15.9 Å². The maximum absolute atomic E-state index is 15.1. The third-order valence-corrected chi connectivity index (χ3v) is 6.01. The molecule has 180 valence electrons. The molecule has 0 bridgehead atoms. The van der Waals surface area contributed by atoms with Crippen LogP contribution in [0.4, 0.5) is 27.6 Å². The molecule has 0 atom stereocenters. The van der Waals surface area contributed by atoms with Crippen molar-refractivity contribution in [3.63, 3.8) is 0 Å². The number of pyridine rings is 1. The first-order valence-electron chi connectivity index (χ1n) is 8.95. The van der Waals surface area contributed by atoms with E-state index < -0.39 is 55.5 Å². The molecule has 0 amide bonds. The summed E-state index contributed by atoms with van der Waals surface area (Å²) in [5, 5.41) is 0.257. The highest BCUT2D eigenvalue weighted by Gasteiger charge is 2.38. The number of aromatic nitrogens is 2. The van der Waals surface area contributed by atoms with Gasteiger partial charge in [0.2, 0.25) is 5.78 Å². The van der Waals surface area contributed by atoms with Gasteiger partial charge in [-0.2, -0.15) is 13.2 Å². The number of ketones is 1. The maximum atomic E-state index is 15.1. The van der Waals surface area contributed by atoms with E-state index in [1.807, 2.05) is 0 Å². The molecular weight excluding hydrogens is 509 g/mol. The van der Waals surface area contributed by atoms with Gasteiger partial charge in [0.1, 0.15) is 22.1 Å². The van der Waals surface area contributed by atoms with E-state index in [-0.39, 0.29) is 21.6 Å². The molecule has 0 aliphatic rings. The number of nitrogens with two attached hydrogens (primary N) is 1. The van der Waals surface area contributed by atoms with Gasteiger partial charge in [0.15, 0.2) is 5.82 Å². The summed E-state index contributed by atoms with van der Waals surface area (Å²) in [5.74, 6) is -4.22. The topological polar surface area (TPSA) is 130 Å². The number of nitrogens with zero attached hydrogens (tertiary/aromatic N) is 2. The lowest BCUT2D eigenvalue weighted by atomic mass is 10.0. The van der Waals surface area contributed by atoms with Crippen molar-refractivity contribution in [1.82, 2.24) is 9.97 Å². The number of carbonyl (C=O) groups is 1. The van der Waals surface area contributed by atoms with Crippen LogP contribution < -0.4 is 10.5 Å². The van der Waals surface area contributed by atoms with Gasteiger partial charge in [0, 0.05) is 36.6 Å². The molecule has 8 nitrogen and oxygen atoms in total. The molecule has 0 spiro atoms. The van der Waals surface area contributed by atoms with Crippen LogP contribution in [-0.4, -0.2) is 43.6 Å². The maximum Gasteiger partial charge on any atom is 0.432 e. The fraction of sp³-hybridized carbons (Fsp3) is 0.105. The monoisotopic (exact) mass is 521 g/mol. The Bertz CT molecular complexity index is 1460. The number of anilines is 1. The number of carbonyl (C=O) groups excluding carboxylic acids is 1. The Labute approximate surface area is 193 Å². The second kappa shape index (κ2) is 9.02. The fourth-order valence-corrected chi connectivity index (χ4v) is 4.24. The number of aromatic amines is 1. The highest BCUT2D eigenvalue weighted by Crippen LogP contribution is 2.30. The van der Waals surface area contributed by atoms with Gasteiger partial charge < -0.3 is 10.7 Å². The van der Waals surface area contributed by atoms with Crippen LogP contribution in [0.25, 0.3) is 11.0 Å². The number of alkyl halides is 3. The van der Waals surface area contributed by atoms with Crippen molar-refractivity contribution in [3.8, 4) is 0 Å². The van der Waals surface area contributed by atoms with E-state index in [1.165, 1.54) is 12.3 Å². The van der Waals surface area contributed by atoms with Gasteiger partial charge in [0.05, 0.1) is 16.3 Å². The zero-order valence-electron chi connectivity index (χ0n) is 16.8. The van der Waals surface area contributed by atoms with Gasteiger partial charge in [-0.3, -0.25) is 14.5 Å². The van der Waals surface area contributed by atoms with Crippen LogP contribution >= 0.6 is 11.6 Å². The van der Waals surface area contributed by atoms with Gasteiger partial charge in [-0.05, 0) is 18.2 Å². The Morgan fingerprint density at radius 1 is 1.29 bits per heavy atom. The van der Waals surface area contributed by atoms with Gasteiger partial charge in [0.25, 0.3) is 10.0 Å². The summed E-state index contributed by atoms with van der Waals surface area (Å²) in [5.41, 5.74) is 0.665. The van der Waals surface area contributed by atoms with Crippen LogP contribution in [0.15, 0.2) is 46.2 Å². The molecule has 4 N–H and O–H groups in total. The Morgan fingerprint density at radius 2 is 1.97 bits per heavy atom. The highest BCUT2D eigenvalue weighted by atomic mass is 35.5. The fourth-order valence-electron chi connectivity index (χ4n) is 2.88. The Morgan fingerprint density at radius 3 is 2.59 bits per heavy atom. The van der Waals surface area contributed by atoms with E-state index in [0.717, 1.165) is 13.2 Å². The Balaban J connectivity index is 2.11. The summed E-state index contributed by atoms with van der Waals surface area (Å²) < 4.78 is 95.1. The van der Waals surface area contributed by atoms with E-state index >= 15 is 4.39 Å². The molecule has 0 radical (unpaired) electrons. The van der Waals surface area contributed by atoms with E-state index in [1.54, 1.807) is 4.72 Å². The number of halogens is 6. The Hall–Kier alpha value is -3.52. The van der Waals surface area contributed by atoms with Crippen molar-refractivity contribution in [1.29, 1.82) is 0 Å². The van der Waals surface area contributed by atoms with E-state index in [2.05, 4.69) is 15.0 Å². The predicted molar refractivity (Wildman–Crippen MR) is 115 cm³/mol. The summed E-state index contributed by atoms with van der Waals surface area (Å²) in [6.07, 6.45) is -2.56. The minimum absolute atomic E-state index is 0.128. The zero-order valence-corrected chi connectivity index (χ0v) is 18.4. The molecule has 15 heteroatoms. The molecule has 0 fully saturated rings. The normalized spacial score (nSPS) is 13.4. The molecule has 0 unspecified atom stereocenters. The molecule has 0 aliphatic heterocycles. The van der Waals surface area contributed by atoms with Crippen molar-refractivity contribution < 1.29 is 35.2 Å². The molecule has 2 heterocycles. The number of H-pyrrole nitrogens is 1. The van der Waals surface area contributed by atoms with Gasteiger partial charge in [-0.15, -0.1) is 0 Å². The largest absolute Gasteiger partial charge is 0.432 e. The smallest absolute Gasteiger partial charge is 0.394 e. The van der Waals surface area contributed by atoms with Crippen LogP contribution in [0.3, 0.4) is 0 Å². The summed E-state index contributed by atoms with van der Waals surface area (Å²) in [4.78, 5) is 21.2. The Kier molecular flexibility index (Phi) is 6.66. The first kappa shape index (κ1) is 25.1. The number of sulfonamides is 1. The number of hydrogen-bond donors (Lipinski definition) is 3. The molecule has 0 aliphatic carbocycles. The molecule has 3 rings (SSSR count). The number of benzene rings is 1. The lowest BCUT2D eigenvalue weighted by Gasteiger charge is -2.15. The molecule has 2 aromatic heterocycles. The third-order valence-electron chi connectivity index (χ3n) is 4.41. The number of aliphatic imine (C=N–C) groups is 1. The molecule has 34 heavy (non-hydrogen) atoms. The number of fused-ring (bicyclic) bond motifs is 1. The van der Waals surface area contributed by atoms with Crippen molar-refractivity contribution in [2.75, 3.05) is 11.8 Å². The quantitative estimate of drug-likeness (QED) is 0.257. The van der Waals surface area contributed by atoms with E-state index in [4.69, 9.17) is 17.3 Å². The lowest BCUT2D eigenvalue weighted by Crippen LogP contribution is -2.28. The van der Waals surface area contributed by atoms with Gasteiger partial charge in [-0.1, -0.05) is 11.6 Å². The zero-order chi connectivity index (χ0) is 25.4. The van der Waals surface area contributed by atoms with Crippen molar-refractivity contribution in [2.45, 2.75) is 6.18 Å². The predicted octanol–water partition coefficient (Wildman–Crippen LogP) is 3.90. The molecule has 3 aromatic rings. The summed E-state index contributed by atoms with van der Waals surface area (Å²) in [6, 6.07) is 2.48. The number of rotatable bonds is 6. The summed E-state index contributed by atoms with van der Waals surface area (Å²) in [7, 11) is -4.18. The number of hydrogen-bond acceptors (Lipinski definition) is 6. The molecular formula is C19H13ClF5N5O3S. The lowest BCUT2D eigenvalue weighted by molar-refractivity contribution is -0.0927. The minimum atomic E-state index is -5.25. The summed E-state index contributed by atoms with van der Waals surface area (Å²) in [6.45, 7) is 0. The standard InChI is InChI=1S/C19H13ClF5N5O3S/c1-27-7-13(17(26)19(23,24)25)34(32,33)30-12-3-2-11(21)14(15(12)22)16(31)10-6-29-18-9(10)4-8(20)5-28-18/h2-7,30H,26H2,1H3,(H,28,29). The molecule has 0 saturated carbocycles. The van der Waals surface area contributed by atoms with Crippen LogP contribution in [-0.2, 0) is 10.0 Å². The average Bonchev–Trinajstić information content (AvgIpc) is 3.15. The van der Waals surface area contributed by atoms with Crippen molar-refractivity contribution >= 4 is 50.3 Å². The number of allylic oxidation sites excluding steroid dienone is 2. The SMILES string of the molecule is CN=CC(=C(N)C(F)(F)F)S(=O)(=O)Nc1ccc(F)c(C(=O)c2c[nH]c3ncc(Cl)cc23)c1F. The number of nitrogens with one attached hydrogen (secondary N) is 2. The highest BCUT2D eigenvalue weighted by molar-refractivity contribution is 7.97. The third kappa shape index (κ3) is 4.72. The van der Waals surface area contributed by atoms with Crippen molar-refractivity contribution in [2.24, 2.45) is 10.7 Å². The van der Waals surface area contributed by atoms with Gasteiger partial charge in [-0.25, -0.2) is 22.2 Å². The second-order valence-electron chi connectivity index (χ2n) is 6.63. The van der Waals surface area contributed by atoms with E-state index in [0.29, 0.717) is 18.3 Å². The minimum Gasteiger partial charge on any atom is -0.394 e. The molecule has 1 aromatic carbocycles. The summed E-state index contributed by atoms with van der Waals surface area (Å²) >= 11 is 5.85. The van der Waals surface area contributed by atoms with Gasteiger partial charge >= 0.3 is 6.18 Å². The van der Waals surface area contributed by atoms with Crippen molar-refractivity contribution in [3.05, 3.63) is 69.0 Å². The first-order valence-corrected chi connectivity index (χ1v) is 10.8.